The fraction of sp³-hybridized carbons (Fsp3) is 0.120. The number of fused-ring (bicyclic) bond motifs is 1. The third-order valence-corrected chi connectivity index (χ3v) is 5.39. The maximum atomic E-state index is 13.3. The first kappa shape index (κ1) is 20.4. The Kier molecular flexibility index (Phi) is 5.32. The van der Waals surface area contributed by atoms with E-state index in [4.69, 9.17) is 9.84 Å². The van der Waals surface area contributed by atoms with E-state index in [1.165, 1.54) is 0 Å². The summed E-state index contributed by atoms with van der Waals surface area (Å²) in [5, 5.41) is 16.0. The van der Waals surface area contributed by atoms with Crippen LogP contribution in [0.4, 0.5) is 0 Å². The first-order chi connectivity index (χ1) is 16.1. The molecule has 5 aromatic rings. The SMILES string of the molecule is COc1cccc(-c2nn(-c3ccc(C)cc3)cc2C(=O)NCc2nnc3ccccn23)c1. The molecule has 0 saturated heterocycles. The van der Waals surface area contributed by atoms with Crippen molar-refractivity contribution < 1.29 is 9.53 Å². The van der Waals surface area contributed by atoms with E-state index in [1.807, 2.05) is 84.3 Å². The van der Waals surface area contributed by atoms with E-state index in [9.17, 15) is 4.79 Å². The monoisotopic (exact) mass is 438 g/mol. The Morgan fingerprint density at radius 2 is 1.88 bits per heavy atom. The number of ether oxygens (including phenoxy) is 1. The molecule has 0 saturated carbocycles. The lowest BCUT2D eigenvalue weighted by Crippen LogP contribution is -2.24. The first-order valence-electron chi connectivity index (χ1n) is 10.5. The highest BCUT2D eigenvalue weighted by Gasteiger charge is 2.20. The van der Waals surface area contributed by atoms with Crippen LogP contribution in [-0.4, -0.2) is 37.4 Å². The van der Waals surface area contributed by atoms with Gasteiger partial charge in [0.1, 0.15) is 11.4 Å². The molecule has 0 fully saturated rings. The van der Waals surface area contributed by atoms with Gasteiger partial charge >= 0.3 is 0 Å². The second-order valence-electron chi connectivity index (χ2n) is 7.63. The Morgan fingerprint density at radius 1 is 1.03 bits per heavy atom. The zero-order valence-corrected chi connectivity index (χ0v) is 18.3. The van der Waals surface area contributed by atoms with E-state index in [1.54, 1.807) is 18.0 Å². The van der Waals surface area contributed by atoms with E-state index >= 15 is 0 Å². The number of carbonyl (C=O) groups is 1. The summed E-state index contributed by atoms with van der Waals surface area (Å²) in [6.45, 7) is 2.26. The van der Waals surface area contributed by atoms with Gasteiger partial charge in [-0.3, -0.25) is 9.20 Å². The van der Waals surface area contributed by atoms with Gasteiger partial charge in [-0.05, 0) is 43.3 Å². The average molecular weight is 438 g/mol. The van der Waals surface area contributed by atoms with Crippen molar-refractivity contribution in [3.05, 3.63) is 96.1 Å². The van der Waals surface area contributed by atoms with Crippen LogP contribution in [0, 0.1) is 6.92 Å². The average Bonchev–Trinajstić information content (AvgIpc) is 3.48. The number of hydrogen-bond donors (Lipinski definition) is 1. The van der Waals surface area contributed by atoms with Crippen molar-refractivity contribution in [3.8, 4) is 22.7 Å². The quantitative estimate of drug-likeness (QED) is 0.435. The van der Waals surface area contributed by atoms with Crippen LogP contribution in [0.15, 0.2) is 79.1 Å². The van der Waals surface area contributed by atoms with Crippen LogP contribution in [-0.2, 0) is 6.54 Å². The summed E-state index contributed by atoms with van der Waals surface area (Å²) in [5.74, 6) is 1.09. The minimum absolute atomic E-state index is 0.233. The number of methoxy groups -OCH3 is 1. The number of hydrogen-bond acceptors (Lipinski definition) is 5. The molecule has 3 aromatic heterocycles. The van der Waals surface area contributed by atoms with Crippen LogP contribution in [0.1, 0.15) is 21.7 Å². The molecule has 164 valence electrons. The molecular formula is C25H22N6O2. The van der Waals surface area contributed by atoms with Gasteiger partial charge in [0, 0.05) is 18.0 Å². The summed E-state index contributed by atoms with van der Waals surface area (Å²) in [6, 6.07) is 21.1. The second kappa shape index (κ2) is 8.58. The number of aromatic nitrogens is 5. The molecular weight excluding hydrogens is 416 g/mol. The predicted molar refractivity (Wildman–Crippen MR) is 124 cm³/mol. The number of pyridine rings is 1. The van der Waals surface area contributed by atoms with Crippen molar-refractivity contribution in [1.82, 2.24) is 29.7 Å². The number of amides is 1. The molecule has 8 nitrogen and oxygen atoms in total. The van der Waals surface area contributed by atoms with Gasteiger partial charge in [0.15, 0.2) is 11.5 Å². The Balaban J connectivity index is 1.50. The minimum atomic E-state index is -0.251. The van der Waals surface area contributed by atoms with Crippen molar-refractivity contribution in [2.75, 3.05) is 7.11 Å². The molecule has 0 aliphatic heterocycles. The molecule has 1 amide bonds. The highest BCUT2D eigenvalue weighted by atomic mass is 16.5. The largest absolute Gasteiger partial charge is 0.497 e. The lowest BCUT2D eigenvalue weighted by Gasteiger charge is -2.06. The fourth-order valence-corrected chi connectivity index (χ4v) is 3.62. The predicted octanol–water partition coefficient (Wildman–Crippen LogP) is 3.83. The van der Waals surface area contributed by atoms with Crippen LogP contribution in [0.2, 0.25) is 0 Å². The maximum Gasteiger partial charge on any atom is 0.255 e. The number of nitrogens with one attached hydrogen (secondary N) is 1. The molecule has 0 bridgehead atoms. The van der Waals surface area contributed by atoms with E-state index in [2.05, 4.69) is 15.5 Å². The van der Waals surface area contributed by atoms with E-state index < -0.39 is 0 Å². The third-order valence-electron chi connectivity index (χ3n) is 5.39. The zero-order valence-electron chi connectivity index (χ0n) is 18.3. The zero-order chi connectivity index (χ0) is 22.8. The van der Waals surface area contributed by atoms with E-state index in [0.29, 0.717) is 22.8 Å². The van der Waals surface area contributed by atoms with Gasteiger partial charge in [-0.2, -0.15) is 5.10 Å². The molecule has 0 aliphatic carbocycles. The van der Waals surface area contributed by atoms with Gasteiger partial charge in [0.2, 0.25) is 0 Å². The molecule has 1 N–H and O–H groups in total. The topological polar surface area (TPSA) is 86.3 Å². The lowest BCUT2D eigenvalue weighted by molar-refractivity contribution is 0.0950. The molecule has 5 rings (SSSR count). The standard InChI is InChI=1S/C25H22N6O2/c1-17-9-11-19(12-10-17)31-16-21(24(29-31)18-6-5-7-20(14-18)33-2)25(32)26-15-23-28-27-22-8-3-4-13-30(22)23/h3-14,16H,15H2,1-2H3,(H,26,32). The third kappa shape index (κ3) is 4.06. The van der Waals surface area contributed by atoms with Crippen LogP contribution in [0.3, 0.4) is 0 Å². The number of aryl methyl sites for hydroxylation is 1. The Bertz CT molecular complexity index is 1440. The summed E-state index contributed by atoms with van der Waals surface area (Å²) < 4.78 is 8.93. The number of nitrogens with zero attached hydrogens (tertiary/aromatic N) is 5. The summed E-state index contributed by atoms with van der Waals surface area (Å²) in [4.78, 5) is 13.3. The summed E-state index contributed by atoms with van der Waals surface area (Å²) in [5.41, 5.74) is 4.56. The van der Waals surface area contributed by atoms with Crippen LogP contribution in [0.25, 0.3) is 22.6 Å². The lowest BCUT2D eigenvalue weighted by atomic mass is 10.1. The van der Waals surface area contributed by atoms with Gasteiger partial charge in [0.05, 0.1) is 24.9 Å². The van der Waals surface area contributed by atoms with Crippen LogP contribution >= 0.6 is 0 Å². The van der Waals surface area contributed by atoms with Gasteiger partial charge in [-0.1, -0.05) is 35.9 Å². The highest BCUT2D eigenvalue weighted by molar-refractivity contribution is 6.00. The smallest absolute Gasteiger partial charge is 0.255 e. The van der Waals surface area contributed by atoms with Crippen molar-refractivity contribution in [2.45, 2.75) is 13.5 Å². The van der Waals surface area contributed by atoms with Crippen LogP contribution in [0.5, 0.6) is 5.75 Å². The summed E-state index contributed by atoms with van der Waals surface area (Å²) in [7, 11) is 1.61. The van der Waals surface area contributed by atoms with Crippen molar-refractivity contribution in [2.24, 2.45) is 0 Å². The van der Waals surface area contributed by atoms with E-state index in [-0.39, 0.29) is 12.5 Å². The van der Waals surface area contributed by atoms with Gasteiger partial charge in [-0.25, -0.2) is 4.68 Å². The molecule has 0 atom stereocenters. The highest BCUT2D eigenvalue weighted by Crippen LogP contribution is 2.27. The summed E-state index contributed by atoms with van der Waals surface area (Å²) >= 11 is 0. The van der Waals surface area contributed by atoms with Crippen molar-refractivity contribution >= 4 is 11.6 Å². The molecule has 8 heteroatoms. The van der Waals surface area contributed by atoms with Gasteiger partial charge < -0.3 is 10.1 Å². The molecule has 0 spiro atoms. The Hall–Kier alpha value is -4.46. The molecule has 0 aliphatic rings. The normalized spacial score (nSPS) is 11.0. The van der Waals surface area contributed by atoms with Crippen LogP contribution < -0.4 is 10.1 Å². The number of rotatable bonds is 6. The molecule has 0 radical (unpaired) electrons. The second-order valence-corrected chi connectivity index (χ2v) is 7.63. The molecule has 0 unspecified atom stereocenters. The van der Waals surface area contributed by atoms with Crippen molar-refractivity contribution in [1.29, 1.82) is 0 Å². The van der Waals surface area contributed by atoms with Gasteiger partial charge in [-0.15, -0.1) is 10.2 Å². The minimum Gasteiger partial charge on any atom is -0.497 e. The summed E-state index contributed by atoms with van der Waals surface area (Å²) in [6.07, 6.45) is 3.62. The number of benzene rings is 2. The van der Waals surface area contributed by atoms with Gasteiger partial charge in [0.25, 0.3) is 5.91 Å². The molecule has 3 heterocycles. The maximum absolute atomic E-state index is 13.3. The van der Waals surface area contributed by atoms with E-state index in [0.717, 1.165) is 22.5 Å². The fourth-order valence-electron chi connectivity index (χ4n) is 3.62. The van der Waals surface area contributed by atoms with Crippen molar-refractivity contribution in [3.63, 3.8) is 0 Å². The molecule has 33 heavy (non-hydrogen) atoms. The molecule has 2 aromatic carbocycles. The number of carbonyl (C=O) groups excluding carboxylic acids is 1. The Morgan fingerprint density at radius 3 is 2.70 bits per heavy atom. The first-order valence-corrected chi connectivity index (χ1v) is 10.5. The Labute approximate surface area is 190 Å².